The third-order valence-electron chi connectivity index (χ3n) is 6.40. The Morgan fingerprint density at radius 2 is 1.56 bits per heavy atom. The number of nitrogens with zero attached hydrogens (tertiary/aromatic N) is 2. The van der Waals surface area contributed by atoms with Crippen LogP contribution in [0.25, 0.3) is 0 Å². The summed E-state index contributed by atoms with van der Waals surface area (Å²) in [5.74, 6) is -0.771. The van der Waals surface area contributed by atoms with E-state index in [2.05, 4.69) is 21.2 Å². The fourth-order valence-electron chi connectivity index (χ4n) is 4.26. The first-order chi connectivity index (χ1) is 18.3. The van der Waals surface area contributed by atoms with Crippen molar-refractivity contribution in [3.05, 3.63) is 99.5 Å². The van der Waals surface area contributed by atoms with Crippen molar-refractivity contribution < 1.29 is 18.0 Å². The zero-order valence-corrected chi connectivity index (χ0v) is 25.4. The molecular formula is C30H36BrN3O4S. The van der Waals surface area contributed by atoms with Crippen LogP contribution in [0.4, 0.5) is 5.69 Å². The average Bonchev–Trinajstić information content (AvgIpc) is 2.86. The summed E-state index contributed by atoms with van der Waals surface area (Å²) in [6.07, 6.45) is 1.36. The number of hydrogen-bond donors (Lipinski definition) is 1. The molecule has 3 aromatic carbocycles. The maximum atomic E-state index is 14.1. The molecule has 1 N–H and O–H groups in total. The van der Waals surface area contributed by atoms with Crippen LogP contribution in [0.5, 0.6) is 0 Å². The molecule has 1 atom stereocenters. The van der Waals surface area contributed by atoms with Crippen LogP contribution in [0.1, 0.15) is 36.1 Å². The number of halogens is 1. The van der Waals surface area contributed by atoms with Crippen LogP contribution >= 0.6 is 15.9 Å². The lowest BCUT2D eigenvalue weighted by Gasteiger charge is -2.34. The van der Waals surface area contributed by atoms with E-state index in [1.807, 2.05) is 88.4 Å². The summed E-state index contributed by atoms with van der Waals surface area (Å²) in [5, 5.41) is 2.95. The quantitative estimate of drug-likeness (QED) is 0.330. The van der Waals surface area contributed by atoms with Gasteiger partial charge in [0, 0.05) is 23.5 Å². The molecule has 3 aromatic rings. The van der Waals surface area contributed by atoms with Gasteiger partial charge in [-0.05, 0) is 74.2 Å². The van der Waals surface area contributed by atoms with Crippen molar-refractivity contribution in [3.8, 4) is 0 Å². The highest BCUT2D eigenvalue weighted by molar-refractivity contribution is 9.10. The molecular weight excluding hydrogens is 578 g/mol. The maximum Gasteiger partial charge on any atom is 0.244 e. The molecule has 0 saturated carbocycles. The Morgan fingerprint density at radius 3 is 2.15 bits per heavy atom. The molecule has 9 heteroatoms. The van der Waals surface area contributed by atoms with Gasteiger partial charge >= 0.3 is 0 Å². The van der Waals surface area contributed by atoms with Crippen molar-refractivity contribution in [2.45, 2.75) is 52.7 Å². The van der Waals surface area contributed by atoms with Gasteiger partial charge < -0.3 is 10.2 Å². The highest BCUT2D eigenvalue weighted by Gasteiger charge is 2.33. The Kier molecular flexibility index (Phi) is 10.3. The number of hydrogen-bond acceptors (Lipinski definition) is 4. The summed E-state index contributed by atoms with van der Waals surface area (Å²) in [7, 11) is -3.80. The van der Waals surface area contributed by atoms with Crippen LogP contribution in [-0.2, 0) is 32.6 Å². The molecule has 0 aliphatic rings. The highest BCUT2D eigenvalue weighted by Crippen LogP contribution is 2.23. The molecule has 39 heavy (non-hydrogen) atoms. The lowest BCUT2D eigenvalue weighted by Crippen LogP contribution is -2.54. The number of benzene rings is 3. The van der Waals surface area contributed by atoms with Crippen molar-refractivity contribution in [3.63, 3.8) is 0 Å². The van der Waals surface area contributed by atoms with Gasteiger partial charge in [-0.15, -0.1) is 0 Å². The van der Waals surface area contributed by atoms with E-state index in [0.29, 0.717) is 5.69 Å². The zero-order chi connectivity index (χ0) is 28.7. The van der Waals surface area contributed by atoms with E-state index in [1.54, 1.807) is 12.1 Å². The largest absolute Gasteiger partial charge is 0.352 e. The lowest BCUT2D eigenvalue weighted by atomic mass is 10.0. The van der Waals surface area contributed by atoms with Gasteiger partial charge in [0.1, 0.15) is 12.6 Å². The second-order valence-electron chi connectivity index (χ2n) is 10.1. The zero-order valence-electron chi connectivity index (χ0n) is 23.0. The molecule has 0 spiro atoms. The molecule has 0 heterocycles. The number of carbonyl (C=O) groups is 2. The summed E-state index contributed by atoms with van der Waals surface area (Å²) in [5.41, 5.74) is 4.04. The van der Waals surface area contributed by atoms with Crippen molar-refractivity contribution in [2.75, 3.05) is 17.1 Å². The van der Waals surface area contributed by atoms with Gasteiger partial charge in [0.2, 0.25) is 21.8 Å². The van der Waals surface area contributed by atoms with Gasteiger partial charge in [-0.2, -0.15) is 0 Å². The Morgan fingerprint density at radius 1 is 0.897 bits per heavy atom. The number of amides is 2. The first-order valence-corrected chi connectivity index (χ1v) is 15.4. The van der Waals surface area contributed by atoms with Crippen molar-refractivity contribution >= 4 is 43.5 Å². The van der Waals surface area contributed by atoms with Gasteiger partial charge in [0.15, 0.2) is 0 Å². The van der Waals surface area contributed by atoms with Crippen LogP contribution in [-0.4, -0.2) is 50.0 Å². The second kappa shape index (κ2) is 13.3. The summed E-state index contributed by atoms with van der Waals surface area (Å²) in [6.45, 7) is 7.26. The molecule has 0 fully saturated rings. The fraction of sp³-hybridized carbons (Fsp3) is 0.333. The van der Waals surface area contributed by atoms with E-state index in [0.717, 1.165) is 37.3 Å². The lowest BCUT2D eigenvalue weighted by molar-refractivity contribution is -0.140. The molecule has 0 aliphatic carbocycles. The van der Waals surface area contributed by atoms with Gasteiger partial charge in [-0.1, -0.05) is 64.5 Å². The molecule has 7 nitrogen and oxygen atoms in total. The van der Waals surface area contributed by atoms with Crippen LogP contribution in [0.2, 0.25) is 0 Å². The monoisotopic (exact) mass is 613 g/mol. The smallest absolute Gasteiger partial charge is 0.244 e. The summed E-state index contributed by atoms with van der Waals surface area (Å²) >= 11 is 3.48. The standard InChI is InChI=1S/C30H36BrN3O4S/c1-21(2)32-30(36)28(18-24-10-7-6-8-11-24)33(19-25-12-9-13-26(31)17-25)29(35)20-34(39(5,37)38)27-15-14-22(3)23(4)16-27/h6-17,21,28H,18-20H2,1-5H3,(H,32,36). The third kappa shape index (κ3) is 8.66. The minimum absolute atomic E-state index is 0.131. The van der Waals surface area contributed by atoms with E-state index >= 15 is 0 Å². The highest BCUT2D eigenvalue weighted by atomic mass is 79.9. The van der Waals surface area contributed by atoms with E-state index < -0.39 is 28.5 Å². The second-order valence-corrected chi connectivity index (χ2v) is 12.9. The minimum atomic E-state index is -3.80. The van der Waals surface area contributed by atoms with E-state index in [4.69, 9.17) is 0 Å². The van der Waals surface area contributed by atoms with E-state index in [9.17, 15) is 18.0 Å². The number of rotatable bonds is 11. The molecule has 1 unspecified atom stereocenters. The molecule has 0 aromatic heterocycles. The van der Waals surface area contributed by atoms with E-state index in [-0.39, 0.29) is 24.9 Å². The van der Waals surface area contributed by atoms with Crippen LogP contribution < -0.4 is 9.62 Å². The normalized spacial score (nSPS) is 12.2. The van der Waals surface area contributed by atoms with Crippen molar-refractivity contribution in [1.82, 2.24) is 10.2 Å². The molecule has 0 bridgehead atoms. The third-order valence-corrected chi connectivity index (χ3v) is 8.04. The Labute approximate surface area is 240 Å². The van der Waals surface area contributed by atoms with Crippen molar-refractivity contribution in [1.29, 1.82) is 0 Å². The minimum Gasteiger partial charge on any atom is -0.352 e. The van der Waals surface area contributed by atoms with Gasteiger partial charge in [0.25, 0.3) is 0 Å². The predicted molar refractivity (Wildman–Crippen MR) is 160 cm³/mol. The number of carbonyl (C=O) groups excluding carboxylic acids is 2. The average molecular weight is 615 g/mol. The summed E-state index contributed by atoms with van der Waals surface area (Å²) in [4.78, 5) is 29.1. The predicted octanol–water partition coefficient (Wildman–Crippen LogP) is 5.00. The van der Waals surface area contributed by atoms with Gasteiger partial charge in [-0.25, -0.2) is 8.42 Å². The number of aryl methyl sites for hydroxylation is 2. The molecule has 208 valence electrons. The summed E-state index contributed by atoms with van der Waals surface area (Å²) < 4.78 is 27.7. The summed E-state index contributed by atoms with van der Waals surface area (Å²) in [6, 6.07) is 21.3. The molecule has 2 amide bonds. The molecule has 0 radical (unpaired) electrons. The topological polar surface area (TPSA) is 86.8 Å². The Bertz CT molecular complexity index is 1410. The van der Waals surface area contributed by atoms with Crippen molar-refractivity contribution in [2.24, 2.45) is 0 Å². The van der Waals surface area contributed by atoms with E-state index in [1.165, 1.54) is 4.90 Å². The maximum absolute atomic E-state index is 14.1. The Balaban J connectivity index is 2.07. The van der Waals surface area contributed by atoms with Gasteiger partial charge in [-0.3, -0.25) is 13.9 Å². The fourth-order valence-corrected chi connectivity index (χ4v) is 5.55. The van der Waals surface area contributed by atoms with Crippen LogP contribution in [0.15, 0.2) is 77.3 Å². The number of nitrogens with one attached hydrogen (secondary N) is 1. The molecule has 0 aliphatic heterocycles. The first-order valence-electron chi connectivity index (χ1n) is 12.8. The number of sulfonamides is 1. The van der Waals surface area contributed by atoms with Crippen LogP contribution in [0, 0.1) is 13.8 Å². The SMILES string of the molecule is Cc1ccc(N(CC(=O)N(Cc2cccc(Br)c2)C(Cc2ccccc2)C(=O)NC(C)C)S(C)(=O)=O)cc1C. The molecule has 3 rings (SSSR count). The Hall–Kier alpha value is -3.17. The number of anilines is 1. The molecule has 0 saturated heterocycles. The van der Waals surface area contributed by atoms with Crippen LogP contribution in [0.3, 0.4) is 0 Å². The first kappa shape index (κ1) is 30.4. The van der Waals surface area contributed by atoms with Gasteiger partial charge in [0.05, 0.1) is 11.9 Å².